The summed E-state index contributed by atoms with van der Waals surface area (Å²) < 4.78 is 6.69. The standard InChI is InChI=1S/C13H18ClNO3/c1-10-4-5-11(6-7-12(14)16)13(17)15(10)8-3-9-18-2/h4-5H,3,6-9H2,1-2H3. The average molecular weight is 272 g/mol. The van der Waals surface area contributed by atoms with E-state index < -0.39 is 5.24 Å². The lowest BCUT2D eigenvalue weighted by Crippen LogP contribution is -2.26. The topological polar surface area (TPSA) is 48.3 Å². The summed E-state index contributed by atoms with van der Waals surface area (Å²) in [6.45, 7) is 3.14. The zero-order valence-corrected chi connectivity index (χ0v) is 11.5. The summed E-state index contributed by atoms with van der Waals surface area (Å²) in [5.74, 6) is 0. The highest BCUT2D eigenvalue weighted by atomic mass is 35.5. The van der Waals surface area contributed by atoms with E-state index in [0.29, 0.717) is 25.1 Å². The second-order valence-corrected chi connectivity index (χ2v) is 4.58. The fourth-order valence-corrected chi connectivity index (χ4v) is 1.88. The molecule has 5 heteroatoms. The Balaban J connectivity index is 2.85. The summed E-state index contributed by atoms with van der Waals surface area (Å²) in [6.07, 6.45) is 1.37. The quantitative estimate of drug-likeness (QED) is 0.562. The Bertz CT molecular complexity index is 468. The second-order valence-electron chi connectivity index (χ2n) is 4.16. The van der Waals surface area contributed by atoms with Crippen molar-refractivity contribution in [3.63, 3.8) is 0 Å². The average Bonchev–Trinajstić information content (AvgIpc) is 2.32. The number of carbonyl (C=O) groups excluding carboxylic acids is 1. The van der Waals surface area contributed by atoms with E-state index in [1.807, 2.05) is 13.0 Å². The van der Waals surface area contributed by atoms with Crippen molar-refractivity contribution in [2.24, 2.45) is 0 Å². The number of methoxy groups -OCH3 is 1. The van der Waals surface area contributed by atoms with Gasteiger partial charge in [-0.25, -0.2) is 0 Å². The van der Waals surface area contributed by atoms with E-state index in [1.165, 1.54) is 0 Å². The minimum absolute atomic E-state index is 0.0379. The second kappa shape index (κ2) is 7.34. The number of carbonyl (C=O) groups is 1. The number of hydrogen-bond donors (Lipinski definition) is 0. The third kappa shape index (κ3) is 4.27. The van der Waals surface area contributed by atoms with E-state index in [2.05, 4.69) is 0 Å². The van der Waals surface area contributed by atoms with Gasteiger partial charge in [0, 0.05) is 37.9 Å². The first-order chi connectivity index (χ1) is 8.56. The monoisotopic (exact) mass is 271 g/mol. The Hall–Kier alpha value is -1.13. The van der Waals surface area contributed by atoms with E-state index >= 15 is 0 Å². The van der Waals surface area contributed by atoms with Crippen molar-refractivity contribution in [1.29, 1.82) is 0 Å². The maximum absolute atomic E-state index is 12.2. The van der Waals surface area contributed by atoms with Gasteiger partial charge in [-0.15, -0.1) is 0 Å². The summed E-state index contributed by atoms with van der Waals surface area (Å²) in [5, 5.41) is -0.416. The first kappa shape index (κ1) is 14.9. The molecular weight excluding hydrogens is 254 g/mol. The zero-order chi connectivity index (χ0) is 13.5. The van der Waals surface area contributed by atoms with Crippen molar-refractivity contribution in [1.82, 2.24) is 4.57 Å². The van der Waals surface area contributed by atoms with Gasteiger partial charge >= 0.3 is 0 Å². The molecule has 0 saturated carbocycles. The summed E-state index contributed by atoms with van der Waals surface area (Å²) in [5.41, 5.74) is 1.51. The Kier molecular flexibility index (Phi) is 6.09. The molecule has 0 atom stereocenters. The molecule has 0 unspecified atom stereocenters. The van der Waals surface area contributed by atoms with Crippen molar-refractivity contribution < 1.29 is 9.53 Å². The van der Waals surface area contributed by atoms with Gasteiger partial charge in [0.15, 0.2) is 0 Å². The van der Waals surface area contributed by atoms with E-state index in [0.717, 1.165) is 12.1 Å². The van der Waals surface area contributed by atoms with Crippen molar-refractivity contribution in [3.05, 3.63) is 33.7 Å². The molecule has 0 fully saturated rings. The van der Waals surface area contributed by atoms with Crippen LogP contribution < -0.4 is 5.56 Å². The highest BCUT2D eigenvalue weighted by Crippen LogP contribution is 2.04. The maximum atomic E-state index is 12.2. The van der Waals surface area contributed by atoms with Crippen LogP contribution in [0.2, 0.25) is 0 Å². The van der Waals surface area contributed by atoms with Crippen LogP contribution in [0, 0.1) is 6.92 Å². The van der Waals surface area contributed by atoms with Gasteiger partial charge in [0.05, 0.1) is 0 Å². The van der Waals surface area contributed by atoms with Crippen molar-refractivity contribution in [2.45, 2.75) is 32.7 Å². The smallest absolute Gasteiger partial charge is 0.253 e. The summed E-state index contributed by atoms with van der Waals surface area (Å²) in [6, 6.07) is 3.66. The molecule has 4 nitrogen and oxygen atoms in total. The molecule has 0 amide bonds. The van der Waals surface area contributed by atoms with Crippen molar-refractivity contribution in [2.75, 3.05) is 13.7 Å². The summed E-state index contributed by atoms with van der Waals surface area (Å²) in [7, 11) is 1.64. The van der Waals surface area contributed by atoms with Gasteiger partial charge in [0.25, 0.3) is 5.56 Å². The van der Waals surface area contributed by atoms with Crippen LogP contribution in [0.1, 0.15) is 24.1 Å². The Morgan fingerprint density at radius 3 is 2.78 bits per heavy atom. The van der Waals surface area contributed by atoms with Crippen LogP contribution in [0.25, 0.3) is 0 Å². The van der Waals surface area contributed by atoms with E-state index in [-0.39, 0.29) is 12.0 Å². The number of rotatable bonds is 7. The molecule has 18 heavy (non-hydrogen) atoms. The predicted molar refractivity (Wildman–Crippen MR) is 71.1 cm³/mol. The molecule has 1 aromatic rings. The van der Waals surface area contributed by atoms with Gasteiger partial charge in [0.2, 0.25) is 5.24 Å². The van der Waals surface area contributed by atoms with Crippen LogP contribution in [-0.4, -0.2) is 23.5 Å². The Morgan fingerprint density at radius 2 is 2.17 bits per heavy atom. The highest BCUT2D eigenvalue weighted by molar-refractivity contribution is 6.63. The number of nitrogens with zero attached hydrogens (tertiary/aromatic N) is 1. The molecule has 100 valence electrons. The van der Waals surface area contributed by atoms with Gasteiger partial charge in [-0.05, 0) is 37.4 Å². The lowest BCUT2D eigenvalue weighted by molar-refractivity contribution is -0.111. The van der Waals surface area contributed by atoms with E-state index in [4.69, 9.17) is 16.3 Å². The van der Waals surface area contributed by atoms with Gasteiger partial charge in [-0.1, -0.05) is 6.07 Å². The lowest BCUT2D eigenvalue weighted by Gasteiger charge is -2.11. The van der Waals surface area contributed by atoms with Gasteiger partial charge in [0.1, 0.15) is 0 Å². The van der Waals surface area contributed by atoms with Gasteiger partial charge < -0.3 is 9.30 Å². The van der Waals surface area contributed by atoms with E-state index in [1.54, 1.807) is 17.7 Å². The van der Waals surface area contributed by atoms with E-state index in [9.17, 15) is 9.59 Å². The molecule has 0 aromatic carbocycles. The number of halogens is 1. The predicted octanol–water partition coefficient (Wildman–Crippen LogP) is 1.89. The fraction of sp³-hybridized carbons (Fsp3) is 0.538. The van der Waals surface area contributed by atoms with Crippen LogP contribution in [0.4, 0.5) is 0 Å². The first-order valence-corrected chi connectivity index (χ1v) is 6.30. The number of aromatic nitrogens is 1. The minimum atomic E-state index is -0.416. The molecule has 1 heterocycles. The maximum Gasteiger partial charge on any atom is 0.253 e. The minimum Gasteiger partial charge on any atom is -0.385 e. The number of hydrogen-bond acceptors (Lipinski definition) is 3. The molecule has 0 aliphatic heterocycles. The van der Waals surface area contributed by atoms with Crippen LogP contribution in [-0.2, 0) is 22.5 Å². The van der Waals surface area contributed by atoms with Crippen LogP contribution in [0.3, 0.4) is 0 Å². The van der Waals surface area contributed by atoms with Crippen molar-refractivity contribution >= 4 is 16.8 Å². The Morgan fingerprint density at radius 1 is 1.44 bits per heavy atom. The summed E-state index contributed by atoms with van der Waals surface area (Å²) in [4.78, 5) is 22.9. The number of pyridine rings is 1. The molecule has 0 spiro atoms. The van der Waals surface area contributed by atoms with Crippen molar-refractivity contribution in [3.8, 4) is 0 Å². The third-order valence-corrected chi connectivity index (χ3v) is 2.98. The molecule has 1 aromatic heterocycles. The Labute approximate surface area is 112 Å². The molecule has 0 aliphatic carbocycles. The lowest BCUT2D eigenvalue weighted by atomic mass is 10.1. The number of ether oxygens (including phenoxy) is 1. The molecular formula is C13H18ClNO3. The fourth-order valence-electron chi connectivity index (χ4n) is 1.78. The largest absolute Gasteiger partial charge is 0.385 e. The molecule has 0 radical (unpaired) electrons. The highest BCUT2D eigenvalue weighted by Gasteiger charge is 2.07. The SMILES string of the molecule is COCCCn1c(C)ccc(CCC(=O)Cl)c1=O. The van der Waals surface area contributed by atoms with Crippen LogP contribution in [0.15, 0.2) is 16.9 Å². The molecule has 0 saturated heterocycles. The van der Waals surface area contributed by atoms with Gasteiger partial charge in [-0.3, -0.25) is 9.59 Å². The molecule has 1 rings (SSSR count). The van der Waals surface area contributed by atoms with Crippen LogP contribution in [0.5, 0.6) is 0 Å². The first-order valence-electron chi connectivity index (χ1n) is 5.93. The molecule has 0 bridgehead atoms. The van der Waals surface area contributed by atoms with Crippen LogP contribution >= 0.6 is 11.6 Å². The third-order valence-electron chi connectivity index (χ3n) is 2.79. The van der Waals surface area contributed by atoms with Gasteiger partial charge in [-0.2, -0.15) is 0 Å². The normalized spacial score (nSPS) is 10.6. The number of aryl methyl sites for hydroxylation is 2. The molecule has 0 aliphatic rings. The zero-order valence-electron chi connectivity index (χ0n) is 10.7. The molecule has 0 N–H and O–H groups in total. The summed E-state index contributed by atoms with van der Waals surface area (Å²) >= 11 is 5.29.